The van der Waals surface area contributed by atoms with Crippen LogP contribution in [0, 0.1) is 6.54 Å². The predicted molar refractivity (Wildman–Crippen MR) is 51.1 cm³/mol. The minimum absolute atomic E-state index is 0.0485. The lowest BCUT2D eigenvalue weighted by Crippen LogP contribution is -2.28. The van der Waals surface area contributed by atoms with Crippen LogP contribution in [0.5, 0.6) is 0 Å². The van der Waals surface area contributed by atoms with Crippen molar-refractivity contribution in [1.82, 2.24) is 5.32 Å². The van der Waals surface area contributed by atoms with Crippen LogP contribution in [-0.2, 0) is 4.74 Å². The van der Waals surface area contributed by atoms with E-state index in [1.54, 1.807) is 6.54 Å². The van der Waals surface area contributed by atoms with Gasteiger partial charge in [0.1, 0.15) is 0 Å². The van der Waals surface area contributed by atoms with Crippen molar-refractivity contribution in [3.63, 3.8) is 0 Å². The molecule has 0 unspecified atom stereocenters. The third-order valence-electron chi connectivity index (χ3n) is 1.69. The molecule has 1 heterocycles. The van der Waals surface area contributed by atoms with Crippen molar-refractivity contribution in [3.8, 4) is 0 Å². The van der Waals surface area contributed by atoms with Crippen molar-refractivity contribution in [3.05, 3.63) is 18.0 Å². The van der Waals surface area contributed by atoms with Crippen LogP contribution in [0.25, 0.3) is 0 Å². The lowest BCUT2D eigenvalue weighted by atomic mass is 10.2. The number of aliphatic imine (C=N–C) groups is 1. The first-order valence-electron chi connectivity index (χ1n) is 4.51. The van der Waals surface area contributed by atoms with Crippen molar-refractivity contribution in [2.45, 2.75) is 26.7 Å². The number of hydrogen-bond acceptors (Lipinski definition) is 4. The molecule has 1 aliphatic heterocycles. The highest BCUT2D eigenvalue weighted by atomic mass is 16.5. The molecule has 4 heteroatoms. The number of ether oxygens (including phenoxy) is 1. The van der Waals surface area contributed by atoms with Crippen molar-refractivity contribution in [2.75, 3.05) is 6.61 Å². The standard InChI is InChI=1S/C9H15N2O2/c1-3-5-13-9-10-6-7(4-2)8(12)11-9/h6,12H,3-5H2,1-2H3,(H,10,11). The quantitative estimate of drug-likeness (QED) is 0.700. The molecule has 0 aromatic rings. The van der Waals surface area contributed by atoms with Crippen LogP contribution in [0.4, 0.5) is 0 Å². The normalized spacial score (nSPS) is 16.6. The summed E-state index contributed by atoms with van der Waals surface area (Å²) in [6.07, 6.45) is 1.68. The molecular formula is C9H15N2O2. The molecule has 0 amide bonds. The van der Waals surface area contributed by atoms with Gasteiger partial charge in [0, 0.05) is 5.57 Å². The lowest BCUT2D eigenvalue weighted by Gasteiger charge is -2.16. The van der Waals surface area contributed by atoms with Crippen LogP contribution in [0.2, 0.25) is 0 Å². The number of hydrogen-bond donors (Lipinski definition) is 2. The fraction of sp³-hybridized carbons (Fsp3) is 0.556. The van der Waals surface area contributed by atoms with Gasteiger partial charge in [-0.2, -0.15) is 4.99 Å². The summed E-state index contributed by atoms with van der Waals surface area (Å²) in [5.74, 6) is 0.0485. The van der Waals surface area contributed by atoms with Crippen molar-refractivity contribution < 1.29 is 9.84 Å². The van der Waals surface area contributed by atoms with Crippen LogP contribution < -0.4 is 5.32 Å². The second kappa shape index (κ2) is 4.74. The maximum absolute atomic E-state index is 9.38. The number of nitrogens with zero attached hydrogens (tertiary/aromatic N) is 1. The van der Waals surface area contributed by atoms with Gasteiger partial charge in [0.2, 0.25) is 5.88 Å². The van der Waals surface area contributed by atoms with Gasteiger partial charge in [-0.05, 0) is 12.8 Å². The van der Waals surface area contributed by atoms with Gasteiger partial charge in [0.15, 0.2) is 0 Å². The molecule has 73 valence electrons. The van der Waals surface area contributed by atoms with Gasteiger partial charge in [-0.1, -0.05) is 13.8 Å². The zero-order valence-electron chi connectivity index (χ0n) is 8.00. The molecule has 0 aliphatic carbocycles. The predicted octanol–water partition coefficient (Wildman–Crippen LogP) is 1.71. The lowest BCUT2D eigenvalue weighted by molar-refractivity contribution is 0.283. The molecule has 0 atom stereocenters. The summed E-state index contributed by atoms with van der Waals surface area (Å²) in [5.41, 5.74) is 0.795. The summed E-state index contributed by atoms with van der Waals surface area (Å²) < 4.78 is 5.21. The van der Waals surface area contributed by atoms with Crippen molar-refractivity contribution in [1.29, 1.82) is 0 Å². The number of amidine groups is 1. The van der Waals surface area contributed by atoms with Gasteiger partial charge >= 0.3 is 0 Å². The number of rotatable bonds is 3. The minimum atomic E-state index is 0.0485. The Morgan fingerprint density at radius 1 is 1.54 bits per heavy atom. The van der Waals surface area contributed by atoms with Gasteiger partial charge in [-0.3, -0.25) is 0 Å². The van der Waals surface area contributed by atoms with E-state index in [1.807, 2.05) is 13.8 Å². The van der Waals surface area contributed by atoms with Gasteiger partial charge in [-0.25, -0.2) is 0 Å². The molecule has 1 rings (SSSR count). The Morgan fingerprint density at radius 3 is 2.85 bits per heavy atom. The molecule has 0 spiro atoms. The Kier molecular flexibility index (Phi) is 3.61. The van der Waals surface area contributed by atoms with E-state index in [1.165, 1.54) is 0 Å². The number of aliphatic hydroxyl groups excluding tert-OH is 1. The fourth-order valence-corrected chi connectivity index (χ4v) is 0.947. The second-order valence-corrected chi connectivity index (χ2v) is 2.76. The first kappa shape index (κ1) is 9.89. The average molecular weight is 183 g/mol. The SMILES string of the molecule is CCCOC1=NC(O)=C(CC)[CH]N1. The Labute approximate surface area is 78.3 Å². The van der Waals surface area contributed by atoms with Gasteiger partial charge in [-0.15, -0.1) is 0 Å². The van der Waals surface area contributed by atoms with Crippen molar-refractivity contribution >= 4 is 6.02 Å². The van der Waals surface area contributed by atoms with Crippen LogP contribution in [0.3, 0.4) is 0 Å². The molecule has 0 aromatic carbocycles. The highest BCUT2D eigenvalue weighted by Gasteiger charge is 2.13. The Morgan fingerprint density at radius 2 is 2.31 bits per heavy atom. The maximum Gasteiger partial charge on any atom is 0.293 e. The smallest absolute Gasteiger partial charge is 0.293 e. The Bertz CT molecular complexity index is 234. The van der Waals surface area contributed by atoms with E-state index in [-0.39, 0.29) is 5.88 Å². The minimum Gasteiger partial charge on any atom is -0.493 e. The third-order valence-corrected chi connectivity index (χ3v) is 1.69. The molecule has 13 heavy (non-hydrogen) atoms. The number of aliphatic hydroxyl groups is 1. The molecular weight excluding hydrogens is 168 g/mol. The Balaban J connectivity index is 2.56. The van der Waals surface area contributed by atoms with E-state index < -0.39 is 0 Å². The molecule has 1 aliphatic rings. The van der Waals surface area contributed by atoms with Gasteiger partial charge in [0.05, 0.1) is 13.2 Å². The summed E-state index contributed by atoms with van der Waals surface area (Å²) in [5, 5.41) is 12.2. The summed E-state index contributed by atoms with van der Waals surface area (Å²) in [6, 6.07) is 0.372. The molecule has 0 saturated carbocycles. The largest absolute Gasteiger partial charge is 0.493 e. The van der Waals surface area contributed by atoms with Gasteiger partial charge in [0.25, 0.3) is 6.02 Å². The van der Waals surface area contributed by atoms with Crippen LogP contribution in [-0.4, -0.2) is 17.7 Å². The Hall–Kier alpha value is -1.19. The zero-order valence-corrected chi connectivity index (χ0v) is 8.00. The molecule has 0 bridgehead atoms. The van der Waals surface area contributed by atoms with E-state index in [4.69, 9.17) is 4.74 Å². The summed E-state index contributed by atoms with van der Waals surface area (Å²) in [4.78, 5) is 3.86. The van der Waals surface area contributed by atoms with E-state index >= 15 is 0 Å². The second-order valence-electron chi connectivity index (χ2n) is 2.76. The topological polar surface area (TPSA) is 53.9 Å². The third kappa shape index (κ3) is 2.65. The fourth-order valence-electron chi connectivity index (χ4n) is 0.947. The maximum atomic E-state index is 9.38. The highest BCUT2D eigenvalue weighted by molar-refractivity contribution is 5.77. The zero-order chi connectivity index (χ0) is 9.68. The van der Waals surface area contributed by atoms with E-state index in [0.717, 1.165) is 18.4 Å². The molecule has 4 nitrogen and oxygen atoms in total. The van der Waals surface area contributed by atoms with E-state index in [2.05, 4.69) is 10.3 Å². The van der Waals surface area contributed by atoms with Gasteiger partial charge < -0.3 is 15.2 Å². The summed E-state index contributed by atoms with van der Waals surface area (Å²) >= 11 is 0. The first-order valence-corrected chi connectivity index (χ1v) is 4.51. The summed E-state index contributed by atoms with van der Waals surface area (Å²) in [7, 11) is 0. The van der Waals surface area contributed by atoms with E-state index in [9.17, 15) is 5.11 Å². The van der Waals surface area contributed by atoms with E-state index in [0.29, 0.717) is 12.6 Å². The van der Waals surface area contributed by atoms with Crippen LogP contribution in [0.1, 0.15) is 26.7 Å². The molecule has 0 aromatic heterocycles. The molecule has 2 N–H and O–H groups in total. The van der Waals surface area contributed by atoms with Crippen LogP contribution >= 0.6 is 0 Å². The monoisotopic (exact) mass is 183 g/mol. The highest BCUT2D eigenvalue weighted by Crippen LogP contribution is 2.13. The first-order chi connectivity index (χ1) is 6.27. The molecule has 0 fully saturated rings. The molecule has 0 saturated heterocycles. The van der Waals surface area contributed by atoms with Crippen molar-refractivity contribution in [2.24, 2.45) is 4.99 Å². The number of nitrogens with one attached hydrogen (secondary N) is 1. The summed E-state index contributed by atoms with van der Waals surface area (Å²) in [6.45, 7) is 6.29. The molecule has 1 radical (unpaired) electrons. The average Bonchev–Trinajstić information content (AvgIpc) is 2.15. The van der Waals surface area contributed by atoms with Crippen LogP contribution in [0.15, 0.2) is 16.4 Å².